The van der Waals surface area contributed by atoms with Gasteiger partial charge >= 0.3 is 5.97 Å². The summed E-state index contributed by atoms with van der Waals surface area (Å²) in [5.41, 5.74) is 2.06. The summed E-state index contributed by atoms with van der Waals surface area (Å²) in [6.07, 6.45) is -0.246. The summed E-state index contributed by atoms with van der Waals surface area (Å²) in [6, 6.07) is 5.23. The normalized spacial score (nSPS) is 16.3. The van der Waals surface area contributed by atoms with Crippen LogP contribution in [-0.2, 0) is 0 Å². The lowest BCUT2D eigenvalue weighted by Crippen LogP contribution is -2.50. The van der Waals surface area contributed by atoms with Crippen LogP contribution in [0.4, 0.5) is 5.69 Å². The fourth-order valence-corrected chi connectivity index (χ4v) is 1.75. The van der Waals surface area contributed by atoms with Crippen LogP contribution in [0.3, 0.4) is 0 Å². The fourth-order valence-electron chi connectivity index (χ4n) is 1.75. The Balaban J connectivity index is 2.22. The second-order valence-corrected chi connectivity index (χ2v) is 3.86. The Bertz CT molecular complexity index is 397. The van der Waals surface area contributed by atoms with Gasteiger partial charge in [-0.3, -0.25) is 0 Å². The van der Waals surface area contributed by atoms with Crippen LogP contribution < -0.4 is 4.90 Å². The molecule has 1 aliphatic rings. The number of benzene rings is 1. The molecule has 0 amide bonds. The van der Waals surface area contributed by atoms with Gasteiger partial charge in [0.2, 0.25) is 0 Å². The van der Waals surface area contributed by atoms with E-state index < -0.39 is 5.97 Å². The average molecular weight is 207 g/mol. The van der Waals surface area contributed by atoms with Crippen molar-refractivity contribution in [3.8, 4) is 0 Å². The van der Waals surface area contributed by atoms with E-state index in [0.29, 0.717) is 18.7 Å². The number of aromatic carboxylic acids is 1. The molecule has 1 aromatic rings. The molecule has 4 heteroatoms. The molecule has 0 spiro atoms. The number of carboxylic acids is 1. The first-order chi connectivity index (χ1) is 7.08. The van der Waals surface area contributed by atoms with Crippen LogP contribution in [0.2, 0.25) is 0 Å². The third-order valence-corrected chi connectivity index (χ3v) is 2.67. The number of rotatable bonds is 2. The number of anilines is 1. The largest absolute Gasteiger partial charge is 0.478 e. The summed E-state index contributed by atoms with van der Waals surface area (Å²) in [4.78, 5) is 12.8. The second kappa shape index (κ2) is 3.55. The van der Waals surface area contributed by atoms with Crippen molar-refractivity contribution in [1.82, 2.24) is 0 Å². The van der Waals surface area contributed by atoms with Gasteiger partial charge < -0.3 is 15.1 Å². The van der Waals surface area contributed by atoms with E-state index in [4.69, 9.17) is 10.2 Å². The van der Waals surface area contributed by atoms with Crippen molar-refractivity contribution in [3.63, 3.8) is 0 Å². The molecule has 1 aliphatic heterocycles. The standard InChI is InChI=1S/C11H13NO3/c1-7-4-8(12-5-9(13)6-12)2-3-10(7)11(14)15/h2-4,9,13H,5-6H2,1H3,(H,14,15). The molecule has 0 bridgehead atoms. The number of hydrogen-bond acceptors (Lipinski definition) is 3. The van der Waals surface area contributed by atoms with Gasteiger partial charge in [0.15, 0.2) is 0 Å². The number of aryl methyl sites for hydroxylation is 1. The zero-order valence-corrected chi connectivity index (χ0v) is 8.47. The summed E-state index contributed by atoms with van der Waals surface area (Å²) < 4.78 is 0. The lowest BCUT2D eigenvalue weighted by atomic mass is 10.1. The van der Waals surface area contributed by atoms with Crippen molar-refractivity contribution < 1.29 is 15.0 Å². The van der Waals surface area contributed by atoms with Gasteiger partial charge in [0.05, 0.1) is 11.7 Å². The molecule has 0 atom stereocenters. The molecule has 0 saturated carbocycles. The highest BCUT2D eigenvalue weighted by Gasteiger charge is 2.24. The summed E-state index contributed by atoms with van der Waals surface area (Å²) in [7, 11) is 0. The van der Waals surface area contributed by atoms with Crippen LogP contribution in [0.1, 0.15) is 15.9 Å². The van der Waals surface area contributed by atoms with E-state index >= 15 is 0 Å². The topological polar surface area (TPSA) is 60.8 Å². The van der Waals surface area contributed by atoms with Gasteiger partial charge in [0.1, 0.15) is 0 Å². The molecule has 15 heavy (non-hydrogen) atoms. The maximum absolute atomic E-state index is 10.8. The fraction of sp³-hybridized carbons (Fsp3) is 0.364. The van der Waals surface area contributed by atoms with Crippen LogP contribution in [0.25, 0.3) is 0 Å². The summed E-state index contributed by atoms with van der Waals surface area (Å²) >= 11 is 0. The lowest BCUT2D eigenvalue weighted by molar-refractivity contribution is 0.0696. The Kier molecular flexibility index (Phi) is 2.36. The Labute approximate surface area is 87.8 Å². The number of aliphatic hydroxyl groups excluding tert-OH is 1. The summed E-state index contributed by atoms with van der Waals surface area (Å²) in [5, 5.41) is 18.0. The van der Waals surface area contributed by atoms with Gasteiger partial charge in [0, 0.05) is 18.8 Å². The van der Waals surface area contributed by atoms with Crippen LogP contribution in [-0.4, -0.2) is 35.4 Å². The SMILES string of the molecule is Cc1cc(N2CC(O)C2)ccc1C(=O)O. The smallest absolute Gasteiger partial charge is 0.335 e. The van der Waals surface area contributed by atoms with Gasteiger partial charge in [-0.15, -0.1) is 0 Å². The molecule has 1 heterocycles. The number of nitrogens with zero attached hydrogens (tertiary/aromatic N) is 1. The van der Waals surface area contributed by atoms with Crippen molar-refractivity contribution >= 4 is 11.7 Å². The molecule has 2 rings (SSSR count). The molecule has 0 aromatic heterocycles. The monoisotopic (exact) mass is 207 g/mol. The van der Waals surface area contributed by atoms with E-state index in [1.165, 1.54) is 0 Å². The Morgan fingerprint density at radius 2 is 2.13 bits per heavy atom. The van der Waals surface area contributed by atoms with Crippen LogP contribution in [0, 0.1) is 6.92 Å². The van der Waals surface area contributed by atoms with Crippen LogP contribution in [0.5, 0.6) is 0 Å². The molecular formula is C11H13NO3. The summed E-state index contributed by atoms with van der Waals surface area (Å²) in [6.45, 7) is 3.04. The number of aliphatic hydroxyl groups is 1. The van der Waals surface area contributed by atoms with Gasteiger partial charge in [0.25, 0.3) is 0 Å². The molecule has 1 aromatic carbocycles. The minimum Gasteiger partial charge on any atom is -0.478 e. The Hall–Kier alpha value is -1.55. The third-order valence-electron chi connectivity index (χ3n) is 2.67. The lowest BCUT2D eigenvalue weighted by Gasteiger charge is -2.38. The highest BCUT2D eigenvalue weighted by atomic mass is 16.4. The molecular weight excluding hydrogens is 194 g/mol. The first-order valence-corrected chi connectivity index (χ1v) is 4.85. The molecule has 0 radical (unpaired) electrons. The van der Waals surface area contributed by atoms with E-state index in [1.807, 2.05) is 11.0 Å². The predicted molar refractivity (Wildman–Crippen MR) is 56.4 cm³/mol. The zero-order chi connectivity index (χ0) is 11.0. The maximum Gasteiger partial charge on any atom is 0.335 e. The molecule has 0 aliphatic carbocycles. The van der Waals surface area contributed by atoms with Gasteiger partial charge in [-0.2, -0.15) is 0 Å². The van der Waals surface area contributed by atoms with Gasteiger partial charge in [-0.1, -0.05) is 0 Å². The summed E-state index contributed by atoms with van der Waals surface area (Å²) in [5.74, 6) is -0.900. The minimum atomic E-state index is -0.900. The second-order valence-electron chi connectivity index (χ2n) is 3.86. The number of carbonyl (C=O) groups is 1. The number of hydrogen-bond donors (Lipinski definition) is 2. The van der Waals surface area contributed by atoms with E-state index in [-0.39, 0.29) is 6.10 Å². The van der Waals surface area contributed by atoms with Crippen molar-refractivity contribution in [2.24, 2.45) is 0 Å². The molecule has 80 valence electrons. The average Bonchev–Trinajstić information content (AvgIpc) is 2.12. The van der Waals surface area contributed by atoms with E-state index in [0.717, 1.165) is 11.3 Å². The minimum absolute atomic E-state index is 0.246. The third kappa shape index (κ3) is 1.80. The number of carboxylic acid groups (broad SMARTS) is 1. The predicted octanol–water partition coefficient (Wildman–Crippen LogP) is 0.874. The molecule has 1 fully saturated rings. The zero-order valence-electron chi connectivity index (χ0n) is 8.47. The Morgan fingerprint density at radius 1 is 1.47 bits per heavy atom. The van der Waals surface area contributed by atoms with Crippen LogP contribution >= 0.6 is 0 Å². The maximum atomic E-state index is 10.8. The highest BCUT2D eigenvalue weighted by molar-refractivity contribution is 5.89. The van der Waals surface area contributed by atoms with E-state index in [1.54, 1.807) is 19.1 Å². The first-order valence-electron chi connectivity index (χ1n) is 4.85. The van der Waals surface area contributed by atoms with Gasteiger partial charge in [-0.05, 0) is 30.7 Å². The Morgan fingerprint density at radius 3 is 2.60 bits per heavy atom. The van der Waals surface area contributed by atoms with Crippen molar-refractivity contribution in [2.45, 2.75) is 13.0 Å². The highest BCUT2D eigenvalue weighted by Crippen LogP contribution is 2.23. The molecule has 2 N–H and O–H groups in total. The van der Waals surface area contributed by atoms with Crippen LogP contribution in [0.15, 0.2) is 18.2 Å². The molecule has 0 unspecified atom stereocenters. The number of β-amino-alcohol motifs (C(OH)–C–C–N with tert-alkyl or cyclic N) is 1. The van der Waals surface area contributed by atoms with Crippen molar-refractivity contribution in [1.29, 1.82) is 0 Å². The van der Waals surface area contributed by atoms with Crippen molar-refractivity contribution in [2.75, 3.05) is 18.0 Å². The van der Waals surface area contributed by atoms with E-state index in [2.05, 4.69) is 0 Å². The van der Waals surface area contributed by atoms with E-state index in [9.17, 15) is 4.79 Å². The van der Waals surface area contributed by atoms with Crippen molar-refractivity contribution in [3.05, 3.63) is 29.3 Å². The molecule has 1 saturated heterocycles. The quantitative estimate of drug-likeness (QED) is 0.755. The molecule has 4 nitrogen and oxygen atoms in total. The first kappa shape index (κ1) is 9.98. The van der Waals surface area contributed by atoms with Gasteiger partial charge in [-0.25, -0.2) is 4.79 Å².